The molecule has 2 rings (SSSR count). The van der Waals surface area contributed by atoms with Gasteiger partial charge in [0.15, 0.2) is 0 Å². The highest BCUT2D eigenvalue weighted by Gasteiger charge is 2.12. The lowest BCUT2D eigenvalue weighted by molar-refractivity contribution is 0.607. The van der Waals surface area contributed by atoms with Gasteiger partial charge in [-0.3, -0.25) is 0 Å². The van der Waals surface area contributed by atoms with E-state index in [2.05, 4.69) is 0 Å². The molecule has 0 saturated heterocycles. The SMILES string of the molecule is CN(Cc1ccccc1F)c1cc(F)c(Cl)cc1N. The molecule has 0 atom stereocenters. The third-order valence-electron chi connectivity index (χ3n) is 2.85. The van der Waals surface area contributed by atoms with Crippen LogP contribution < -0.4 is 10.6 Å². The molecule has 0 amide bonds. The predicted octanol–water partition coefficient (Wildman–Crippen LogP) is 3.84. The molecule has 0 fully saturated rings. The largest absolute Gasteiger partial charge is 0.397 e. The average Bonchev–Trinajstić information content (AvgIpc) is 2.36. The van der Waals surface area contributed by atoms with Crippen molar-refractivity contribution in [1.29, 1.82) is 0 Å². The fourth-order valence-corrected chi connectivity index (χ4v) is 2.02. The molecule has 0 heterocycles. The first-order chi connectivity index (χ1) is 8.99. The van der Waals surface area contributed by atoms with Crippen molar-refractivity contribution in [2.45, 2.75) is 6.54 Å². The zero-order valence-corrected chi connectivity index (χ0v) is 11.1. The van der Waals surface area contributed by atoms with Crippen LogP contribution in [0, 0.1) is 11.6 Å². The van der Waals surface area contributed by atoms with E-state index in [4.69, 9.17) is 17.3 Å². The van der Waals surface area contributed by atoms with Crippen LogP contribution >= 0.6 is 11.6 Å². The fourth-order valence-electron chi connectivity index (χ4n) is 1.85. The second-order valence-electron chi connectivity index (χ2n) is 4.27. The average molecular weight is 283 g/mol. The van der Waals surface area contributed by atoms with Crippen LogP contribution in [0.2, 0.25) is 5.02 Å². The zero-order chi connectivity index (χ0) is 14.0. The minimum atomic E-state index is -0.550. The number of rotatable bonds is 3. The smallest absolute Gasteiger partial charge is 0.144 e. The van der Waals surface area contributed by atoms with Gasteiger partial charge < -0.3 is 10.6 Å². The van der Waals surface area contributed by atoms with Crippen LogP contribution in [0.25, 0.3) is 0 Å². The van der Waals surface area contributed by atoms with Gasteiger partial charge in [0.2, 0.25) is 0 Å². The maximum absolute atomic E-state index is 13.6. The van der Waals surface area contributed by atoms with E-state index in [0.29, 0.717) is 16.9 Å². The standard InChI is InChI=1S/C14H13ClF2N2/c1-19(8-9-4-2-3-5-11(9)16)14-7-12(17)10(15)6-13(14)18/h2-7H,8,18H2,1H3. The summed E-state index contributed by atoms with van der Waals surface area (Å²) in [6, 6.07) is 9.03. The number of nitrogens with zero attached hydrogens (tertiary/aromatic N) is 1. The Morgan fingerprint density at radius 1 is 1.16 bits per heavy atom. The number of halogens is 3. The van der Waals surface area contributed by atoms with Gasteiger partial charge in [-0.2, -0.15) is 0 Å². The van der Waals surface area contributed by atoms with Crippen LogP contribution in [0.1, 0.15) is 5.56 Å². The van der Waals surface area contributed by atoms with Crippen LogP contribution in [0.3, 0.4) is 0 Å². The normalized spacial score (nSPS) is 10.5. The van der Waals surface area contributed by atoms with Gasteiger partial charge in [0.1, 0.15) is 11.6 Å². The maximum atomic E-state index is 13.6. The lowest BCUT2D eigenvalue weighted by Gasteiger charge is -2.21. The summed E-state index contributed by atoms with van der Waals surface area (Å²) < 4.78 is 27.0. The van der Waals surface area contributed by atoms with Crippen molar-refractivity contribution in [2.75, 3.05) is 17.7 Å². The minimum absolute atomic E-state index is 0.0273. The Kier molecular flexibility index (Phi) is 3.90. The van der Waals surface area contributed by atoms with Gasteiger partial charge in [-0.05, 0) is 12.1 Å². The second kappa shape index (κ2) is 5.45. The van der Waals surface area contributed by atoms with Crippen molar-refractivity contribution in [3.05, 3.63) is 58.6 Å². The van der Waals surface area contributed by atoms with Gasteiger partial charge in [-0.1, -0.05) is 29.8 Å². The molecule has 2 nitrogen and oxygen atoms in total. The van der Waals surface area contributed by atoms with E-state index in [1.54, 1.807) is 30.1 Å². The van der Waals surface area contributed by atoms with Crippen LogP contribution in [-0.2, 0) is 6.54 Å². The third kappa shape index (κ3) is 2.96. The van der Waals surface area contributed by atoms with Gasteiger partial charge in [-0.15, -0.1) is 0 Å². The molecule has 0 unspecified atom stereocenters. The molecule has 2 aromatic rings. The van der Waals surface area contributed by atoms with Crippen LogP contribution in [0.5, 0.6) is 0 Å². The summed E-state index contributed by atoms with van der Waals surface area (Å²) in [6.07, 6.45) is 0. The molecular weight excluding hydrogens is 270 g/mol. The number of hydrogen-bond acceptors (Lipinski definition) is 2. The Hall–Kier alpha value is -1.81. The van der Waals surface area contributed by atoms with Crippen LogP contribution in [0.4, 0.5) is 20.2 Å². The van der Waals surface area contributed by atoms with E-state index in [-0.39, 0.29) is 17.4 Å². The fraction of sp³-hybridized carbons (Fsp3) is 0.143. The molecule has 0 aliphatic heterocycles. The number of hydrogen-bond donors (Lipinski definition) is 1. The lowest BCUT2D eigenvalue weighted by atomic mass is 10.2. The van der Waals surface area contributed by atoms with Crippen LogP contribution in [0.15, 0.2) is 36.4 Å². The molecule has 19 heavy (non-hydrogen) atoms. The van der Waals surface area contributed by atoms with Crippen molar-refractivity contribution in [3.63, 3.8) is 0 Å². The summed E-state index contributed by atoms with van der Waals surface area (Å²) in [4.78, 5) is 1.67. The van der Waals surface area contributed by atoms with E-state index in [1.807, 2.05) is 0 Å². The summed E-state index contributed by atoms with van der Waals surface area (Å²) in [5.41, 5.74) is 7.14. The van der Waals surface area contributed by atoms with Gasteiger partial charge >= 0.3 is 0 Å². The number of benzene rings is 2. The maximum Gasteiger partial charge on any atom is 0.144 e. The quantitative estimate of drug-likeness (QED) is 0.867. The minimum Gasteiger partial charge on any atom is -0.397 e. The summed E-state index contributed by atoms with van der Waals surface area (Å²) in [7, 11) is 1.71. The van der Waals surface area contributed by atoms with E-state index in [1.165, 1.54) is 18.2 Å². The van der Waals surface area contributed by atoms with E-state index in [9.17, 15) is 8.78 Å². The van der Waals surface area contributed by atoms with Crippen LogP contribution in [-0.4, -0.2) is 7.05 Å². The Morgan fingerprint density at radius 3 is 2.53 bits per heavy atom. The van der Waals surface area contributed by atoms with Gasteiger partial charge in [0.05, 0.1) is 16.4 Å². The molecule has 5 heteroatoms. The Bertz CT molecular complexity index is 602. The molecule has 0 saturated carbocycles. The Morgan fingerprint density at radius 2 is 1.84 bits per heavy atom. The highest BCUT2D eigenvalue weighted by atomic mass is 35.5. The van der Waals surface area contributed by atoms with Gasteiger partial charge in [0.25, 0.3) is 0 Å². The number of anilines is 2. The molecule has 0 aliphatic carbocycles. The Balaban J connectivity index is 2.28. The highest BCUT2D eigenvalue weighted by Crippen LogP contribution is 2.29. The lowest BCUT2D eigenvalue weighted by Crippen LogP contribution is -2.18. The molecule has 0 aromatic heterocycles. The molecule has 2 N–H and O–H groups in total. The third-order valence-corrected chi connectivity index (χ3v) is 3.14. The zero-order valence-electron chi connectivity index (χ0n) is 10.3. The first kappa shape index (κ1) is 13.6. The molecule has 100 valence electrons. The number of nitrogen functional groups attached to an aromatic ring is 1. The monoisotopic (exact) mass is 282 g/mol. The molecule has 0 radical (unpaired) electrons. The first-order valence-corrected chi connectivity index (χ1v) is 6.06. The molecular formula is C14H13ClF2N2. The van der Waals surface area contributed by atoms with Crippen molar-refractivity contribution in [2.24, 2.45) is 0 Å². The van der Waals surface area contributed by atoms with E-state index < -0.39 is 5.82 Å². The second-order valence-corrected chi connectivity index (χ2v) is 4.68. The number of nitrogens with two attached hydrogens (primary N) is 1. The first-order valence-electron chi connectivity index (χ1n) is 5.68. The van der Waals surface area contributed by atoms with Gasteiger partial charge in [-0.25, -0.2) is 8.78 Å². The molecule has 0 bridgehead atoms. The van der Waals surface area contributed by atoms with Crippen molar-refractivity contribution in [3.8, 4) is 0 Å². The van der Waals surface area contributed by atoms with Crippen molar-refractivity contribution in [1.82, 2.24) is 0 Å². The molecule has 0 spiro atoms. The van der Waals surface area contributed by atoms with Crippen molar-refractivity contribution >= 4 is 23.0 Å². The highest BCUT2D eigenvalue weighted by molar-refractivity contribution is 6.31. The summed E-state index contributed by atoms with van der Waals surface area (Å²) in [5, 5.41) is -0.0273. The van der Waals surface area contributed by atoms with Crippen molar-refractivity contribution < 1.29 is 8.78 Å². The molecule has 0 aliphatic rings. The predicted molar refractivity (Wildman–Crippen MR) is 74.3 cm³/mol. The summed E-state index contributed by atoms with van der Waals surface area (Å²) >= 11 is 5.64. The van der Waals surface area contributed by atoms with E-state index >= 15 is 0 Å². The summed E-state index contributed by atoms with van der Waals surface area (Å²) in [6.45, 7) is 0.290. The topological polar surface area (TPSA) is 29.3 Å². The van der Waals surface area contributed by atoms with E-state index in [0.717, 1.165) is 0 Å². The summed E-state index contributed by atoms with van der Waals surface area (Å²) in [5.74, 6) is -0.853. The Labute approximate surface area is 115 Å². The molecule has 2 aromatic carbocycles. The van der Waals surface area contributed by atoms with Gasteiger partial charge in [0, 0.05) is 25.2 Å².